The molecule has 0 spiro atoms. The van der Waals surface area contributed by atoms with Gasteiger partial charge in [-0.25, -0.2) is 9.36 Å². The molecule has 4 heterocycles. The number of nitrogens with two attached hydrogens (primary N) is 1. The summed E-state index contributed by atoms with van der Waals surface area (Å²) in [4.78, 5) is 30.2. The van der Waals surface area contributed by atoms with E-state index in [1.807, 2.05) is 13.0 Å². The third-order valence-corrected chi connectivity index (χ3v) is 4.49. The second-order valence-corrected chi connectivity index (χ2v) is 6.42. The molecule has 4 aromatic heterocycles. The van der Waals surface area contributed by atoms with Crippen LogP contribution in [0.5, 0.6) is 0 Å². The zero-order valence-corrected chi connectivity index (χ0v) is 15.5. The van der Waals surface area contributed by atoms with Gasteiger partial charge in [-0.3, -0.25) is 9.20 Å². The quantitative estimate of drug-likeness (QED) is 0.330. The second-order valence-electron chi connectivity index (χ2n) is 6.42. The van der Waals surface area contributed by atoms with Crippen LogP contribution in [0.4, 0.5) is 5.82 Å². The summed E-state index contributed by atoms with van der Waals surface area (Å²) in [7, 11) is 0. The molecule has 0 aliphatic heterocycles. The molecule has 0 unspecified atom stereocenters. The van der Waals surface area contributed by atoms with E-state index in [0.717, 1.165) is 5.56 Å². The number of aryl methyl sites for hydroxylation is 1. The maximum atomic E-state index is 13.1. The van der Waals surface area contributed by atoms with Crippen molar-refractivity contribution in [2.75, 3.05) is 12.3 Å². The van der Waals surface area contributed by atoms with Gasteiger partial charge in [-0.2, -0.15) is 0 Å². The number of furan rings is 1. The van der Waals surface area contributed by atoms with Gasteiger partial charge >= 0.3 is 5.97 Å². The first-order valence-corrected chi connectivity index (χ1v) is 8.84. The standard InChI is InChI=1S/C20H18N4O4/c1-3-27-20(26)14-9-15-18(24(17(14)21)11-13-5-4-8-28-13)22-16-7-6-12(2)10-23(16)19(15)25/h4-10,21H,3,11H2,1-2H3/p+1. The smallest absolute Gasteiger partial charge is 0.344 e. The highest BCUT2D eigenvalue weighted by Crippen LogP contribution is 2.17. The van der Waals surface area contributed by atoms with Crippen molar-refractivity contribution in [1.82, 2.24) is 9.38 Å². The maximum absolute atomic E-state index is 13.1. The number of rotatable bonds is 4. The van der Waals surface area contributed by atoms with Crippen molar-refractivity contribution >= 4 is 28.5 Å². The number of esters is 1. The number of aromatic nitrogens is 3. The van der Waals surface area contributed by atoms with E-state index in [-0.39, 0.29) is 35.5 Å². The Labute approximate surface area is 159 Å². The SMILES string of the molecule is CCOC(=O)c1cc2c(=O)n3cc(C)ccc3nc2[n+](Cc2ccco2)c1N. The van der Waals surface area contributed by atoms with E-state index in [4.69, 9.17) is 14.9 Å². The summed E-state index contributed by atoms with van der Waals surface area (Å²) in [6.07, 6.45) is 3.26. The van der Waals surface area contributed by atoms with Crippen LogP contribution in [0.3, 0.4) is 0 Å². The lowest BCUT2D eigenvalue weighted by Gasteiger charge is -2.11. The summed E-state index contributed by atoms with van der Waals surface area (Å²) in [5.74, 6) is 0.180. The number of fused-ring (bicyclic) bond motifs is 2. The molecule has 4 aromatic rings. The van der Waals surface area contributed by atoms with E-state index >= 15 is 0 Å². The number of pyridine rings is 2. The van der Waals surface area contributed by atoms with Crippen LogP contribution in [0.25, 0.3) is 16.7 Å². The topological polar surface area (TPSA) is 104 Å². The molecule has 0 fully saturated rings. The largest absolute Gasteiger partial charge is 0.466 e. The Morgan fingerprint density at radius 1 is 1.36 bits per heavy atom. The second kappa shape index (κ2) is 6.80. The van der Waals surface area contributed by atoms with E-state index in [2.05, 4.69) is 4.98 Å². The average molecular weight is 379 g/mol. The molecule has 2 N–H and O–H groups in total. The van der Waals surface area contributed by atoms with Crippen molar-refractivity contribution in [3.63, 3.8) is 0 Å². The number of carbonyl (C=O) groups is 1. The van der Waals surface area contributed by atoms with Crippen LogP contribution in [-0.2, 0) is 11.3 Å². The fourth-order valence-corrected chi connectivity index (χ4v) is 3.15. The number of hydrogen-bond acceptors (Lipinski definition) is 6. The first-order valence-electron chi connectivity index (χ1n) is 8.84. The van der Waals surface area contributed by atoms with Crippen molar-refractivity contribution < 1.29 is 18.5 Å². The number of hydrogen-bond donors (Lipinski definition) is 1. The van der Waals surface area contributed by atoms with Gasteiger partial charge < -0.3 is 14.9 Å². The molecule has 142 valence electrons. The van der Waals surface area contributed by atoms with Crippen molar-refractivity contribution in [3.05, 3.63) is 70.0 Å². The van der Waals surface area contributed by atoms with Crippen molar-refractivity contribution in [3.8, 4) is 0 Å². The summed E-state index contributed by atoms with van der Waals surface area (Å²) in [6, 6.07) is 8.63. The fourth-order valence-electron chi connectivity index (χ4n) is 3.15. The van der Waals surface area contributed by atoms with Crippen LogP contribution in [-0.4, -0.2) is 22.0 Å². The molecule has 0 aliphatic rings. The van der Waals surface area contributed by atoms with Crippen molar-refractivity contribution in [2.45, 2.75) is 20.4 Å². The lowest BCUT2D eigenvalue weighted by Crippen LogP contribution is -2.42. The van der Waals surface area contributed by atoms with E-state index in [9.17, 15) is 9.59 Å². The van der Waals surface area contributed by atoms with Gasteiger partial charge in [0.05, 0.1) is 12.9 Å². The lowest BCUT2D eigenvalue weighted by molar-refractivity contribution is -0.651. The molecule has 0 radical (unpaired) electrons. The highest BCUT2D eigenvalue weighted by atomic mass is 16.5. The molecular weight excluding hydrogens is 360 g/mol. The van der Waals surface area contributed by atoms with Crippen LogP contribution < -0.4 is 15.9 Å². The Bertz CT molecular complexity index is 1260. The predicted molar refractivity (Wildman–Crippen MR) is 102 cm³/mol. The average Bonchev–Trinajstić information content (AvgIpc) is 3.18. The van der Waals surface area contributed by atoms with E-state index in [1.165, 1.54) is 10.5 Å². The Hall–Kier alpha value is -3.68. The summed E-state index contributed by atoms with van der Waals surface area (Å²) in [5, 5.41) is 0.270. The van der Waals surface area contributed by atoms with Gasteiger partial charge in [0.25, 0.3) is 11.2 Å². The highest BCUT2D eigenvalue weighted by Gasteiger charge is 2.25. The molecular formula is C20H19N4O4+. The third-order valence-electron chi connectivity index (χ3n) is 4.49. The first-order chi connectivity index (χ1) is 13.5. The molecule has 0 aliphatic carbocycles. The van der Waals surface area contributed by atoms with Gasteiger partial charge in [-0.05, 0) is 43.7 Å². The minimum absolute atomic E-state index is 0.118. The highest BCUT2D eigenvalue weighted by molar-refractivity contribution is 5.96. The zero-order chi connectivity index (χ0) is 19.8. The van der Waals surface area contributed by atoms with Gasteiger partial charge in [0.15, 0.2) is 0 Å². The van der Waals surface area contributed by atoms with Crippen molar-refractivity contribution in [1.29, 1.82) is 0 Å². The van der Waals surface area contributed by atoms with E-state index in [0.29, 0.717) is 17.1 Å². The third kappa shape index (κ3) is 2.88. The number of carbonyl (C=O) groups excluding carboxylic acids is 1. The molecule has 8 nitrogen and oxygen atoms in total. The predicted octanol–water partition coefficient (Wildman–Crippen LogP) is 1.84. The molecule has 0 saturated carbocycles. The molecule has 28 heavy (non-hydrogen) atoms. The fraction of sp³-hybridized carbons (Fsp3) is 0.200. The molecule has 0 bridgehead atoms. The van der Waals surface area contributed by atoms with Crippen LogP contribution in [0.15, 0.2) is 52.0 Å². The molecule has 0 aromatic carbocycles. The molecule has 0 saturated heterocycles. The summed E-state index contributed by atoms with van der Waals surface area (Å²) in [6.45, 7) is 4.01. The lowest BCUT2D eigenvalue weighted by atomic mass is 10.2. The Morgan fingerprint density at radius 3 is 2.89 bits per heavy atom. The van der Waals surface area contributed by atoms with Gasteiger partial charge in [0.1, 0.15) is 23.3 Å². The molecule has 8 heteroatoms. The normalized spacial score (nSPS) is 11.2. The summed E-state index contributed by atoms with van der Waals surface area (Å²) in [5.41, 5.74) is 7.89. The molecule has 4 rings (SSSR count). The van der Waals surface area contributed by atoms with Crippen LogP contribution in [0.2, 0.25) is 0 Å². The Kier molecular flexibility index (Phi) is 4.31. The van der Waals surface area contributed by atoms with Crippen LogP contribution >= 0.6 is 0 Å². The van der Waals surface area contributed by atoms with E-state index in [1.54, 1.807) is 42.1 Å². The Balaban J connectivity index is 2.08. The summed E-state index contributed by atoms with van der Waals surface area (Å²) >= 11 is 0. The van der Waals surface area contributed by atoms with Gasteiger partial charge in [0, 0.05) is 6.20 Å². The van der Waals surface area contributed by atoms with Crippen LogP contribution in [0.1, 0.15) is 28.6 Å². The van der Waals surface area contributed by atoms with Crippen LogP contribution in [0, 0.1) is 6.92 Å². The van der Waals surface area contributed by atoms with Gasteiger partial charge in [0.2, 0.25) is 11.5 Å². The zero-order valence-electron chi connectivity index (χ0n) is 15.5. The Morgan fingerprint density at radius 2 is 2.18 bits per heavy atom. The monoisotopic (exact) mass is 379 g/mol. The number of nitrogen functional groups attached to an aromatic ring is 1. The number of anilines is 1. The number of nitrogens with zero attached hydrogens (tertiary/aromatic N) is 3. The van der Waals surface area contributed by atoms with Gasteiger partial charge in [-0.1, -0.05) is 11.1 Å². The minimum atomic E-state index is -0.594. The molecule has 0 atom stereocenters. The first kappa shape index (κ1) is 17.7. The maximum Gasteiger partial charge on any atom is 0.344 e. The molecule has 0 amide bonds. The van der Waals surface area contributed by atoms with Gasteiger partial charge in [-0.15, -0.1) is 0 Å². The van der Waals surface area contributed by atoms with E-state index < -0.39 is 5.97 Å². The summed E-state index contributed by atoms with van der Waals surface area (Å²) < 4.78 is 13.6. The minimum Gasteiger partial charge on any atom is -0.466 e. The number of ether oxygens (including phenoxy) is 1. The van der Waals surface area contributed by atoms with Crippen molar-refractivity contribution in [2.24, 2.45) is 0 Å².